The van der Waals surface area contributed by atoms with Gasteiger partial charge >= 0.3 is 0 Å². The highest BCUT2D eigenvalue weighted by atomic mass is 19.1. The first kappa shape index (κ1) is 15.3. The highest BCUT2D eigenvalue weighted by molar-refractivity contribution is 5.80. The summed E-state index contributed by atoms with van der Waals surface area (Å²) in [5.41, 5.74) is 1.47. The van der Waals surface area contributed by atoms with Crippen molar-refractivity contribution in [2.75, 3.05) is 39.9 Å². The molecule has 5 heteroatoms. The summed E-state index contributed by atoms with van der Waals surface area (Å²) in [4.78, 5) is 6.73. The molecular formula is C17H24FN3O. The minimum Gasteiger partial charge on any atom is -0.381 e. The standard InChI is InChI=1S/C17H24FN3O/c1-19-16(20-9-6-14-2-4-15(18)5-3-14)21-10-7-17(12-21)8-11-22-13-17/h2-5H,6-13H2,1H3,(H,19,20). The predicted molar refractivity (Wildman–Crippen MR) is 85.5 cm³/mol. The predicted octanol–water partition coefficient (Wildman–Crippen LogP) is 2.06. The molecule has 2 fully saturated rings. The molecule has 0 saturated carbocycles. The van der Waals surface area contributed by atoms with E-state index in [1.54, 1.807) is 0 Å². The van der Waals surface area contributed by atoms with Crippen molar-refractivity contribution in [2.24, 2.45) is 10.4 Å². The number of hydrogen-bond donors (Lipinski definition) is 1. The second kappa shape index (κ2) is 6.65. The van der Waals surface area contributed by atoms with Crippen LogP contribution in [0.15, 0.2) is 29.3 Å². The second-order valence-corrected chi connectivity index (χ2v) is 6.32. The van der Waals surface area contributed by atoms with Crippen LogP contribution in [-0.2, 0) is 11.2 Å². The van der Waals surface area contributed by atoms with E-state index in [-0.39, 0.29) is 5.82 Å². The van der Waals surface area contributed by atoms with E-state index in [4.69, 9.17) is 4.74 Å². The van der Waals surface area contributed by atoms with Crippen LogP contribution < -0.4 is 5.32 Å². The third-order valence-electron chi connectivity index (χ3n) is 4.74. The number of likely N-dealkylation sites (tertiary alicyclic amines) is 1. The number of hydrogen-bond acceptors (Lipinski definition) is 2. The van der Waals surface area contributed by atoms with Crippen molar-refractivity contribution in [1.82, 2.24) is 10.2 Å². The molecule has 1 unspecified atom stereocenters. The zero-order valence-corrected chi connectivity index (χ0v) is 13.1. The first-order valence-corrected chi connectivity index (χ1v) is 7.99. The summed E-state index contributed by atoms with van der Waals surface area (Å²) in [6.45, 7) is 4.65. The van der Waals surface area contributed by atoms with E-state index in [1.807, 2.05) is 19.2 Å². The lowest BCUT2D eigenvalue weighted by atomic mass is 9.87. The smallest absolute Gasteiger partial charge is 0.193 e. The second-order valence-electron chi connectivity index (χ2n) is 6.32. The molecule has 0 radical (unpaired) electrons. The maximum atomic E-state index is 12.9. The molecule has 0 bridgehead atoms. The highest BCUT2D eigenvalue weighted by Crippen LogP contribution is 2.38. The molecule has 0 aliphatic carbocycles. The summed E-state index contributed by atoms with van der Waals surface area (Å²) in [6.07, 6.45) is 3.21. The van der Waals surface area contributed by atoms with Crippen LogP contribution in [0.3, 0.4) is 0 Å². The monoisotopic (exact) mass is 305 g/mol. The molecule has 22 heavy (non-hydrogen) atoms. The van der Waals surface area contributed by atoms with Gasteiger partial charge in [0.1, 0.15) is 5.82 Å². The van der Waals surface area contributed by atoms with E-state index in [1.165, 1.54) is 18.6 Å². The van der Waals surface area contributed by atoms with Crippen molar-refractivity contribution < 1.29 is 9.13 Å². The van der Waals surface area contributed by atoms with Crippen LogP contribution in [0.5, 0.6) is 0 Å². The fourth-order valence-electron chi connectivity index (χ4n) is 3.39. The molecule has 3 rings (SSSR count). The van der Waals surface area contributed by atoms with Gasteiger partial charge in [0.25, 0.3) is 0 Å². The Balaban J connectivity index is 1.49. The Morgan fingerprint density at radius 3 is 2.86 bits per heavy atom. The summed E-state index contributed by atoms with van der Waals surface area (Å²) < 4.78 is 18.5. The fourth-order valence-corrected chi connectivity index (χ4v) is 3.39. The van der Waals surface area contributed by atoms with Crippen LogP contribution in [-0.4, -0.2) is 50.8 Å². The third kappa shape index (κ3) is 3.40. The molecule has 0 aromatic heterocycles. The number of benzene rings is 1. The van der Waals surface area contributed by atoms with Gasteiger partial charge in [0, 0.05) is 38.7 Å². The number of nitrogens with zero attached hydrogens (tertiary/aromatic N) is 2. The Labute approximate surface area is 131 Å². The zero-order chi connectivity index (χ0) is 15.4. The van der Waals surface area contributed by atoms with Crippen LogP contribution in [0.25, 0.3) is 0 Å². The first-order chi connectivity index (χ1) is 10.7. The van der Waals surface area contributed by atoms with Gasteiger partial charge in [0.2, 0.25) is 0 Å². The number of halogens is 1. The topological polar surface area (TPSA) is 36.9 Å². The van der Waals surface area contributed by atoms with Crippen LogP contribution in [0, 0.1) is 11.2 Å². The van der Waals surface area contributed by atoms with Gasteiger partial charge < -0.3 is 15.0 Å². The fraction of sp³-hybridized carbons (Fsp3) is 0.588. The van der Waals surface area contributed by atoms with E-state index in [0.29, 0.717) is 5.41 Å². The summed E-state index contributed by atoms with van der Waals surface area (Å²) in [5.74, 6) is 0.777. The molecule has 0 amide bonds. The van der Waals surface area contributed by atoms with Crippen LogP contribution >= 0.6 is 0 Å². The minimum atomic E-state index is -0.186. The first-order valence-electron chi connectivity index (χ1n) is 7.99. The van der Waals surface area contributed by atoms with Crippen molar-refractivity contribution in [3.63, 3.8) is 0 Å². The van der Waals surface area contributed by atoms with Gasteiger partial charge in [-0.1, -0.05) is 12.1 Å². The summed E-state index contributed by atoms with van der Waals surface area (Å²) >= 11 is 0. The summed E-state index contributed by atoms with van der Waals surface area (Å²) in [7, 11) is 1.83. The molecule has 2 aliphatic rings. The SMILES string of the molecule is CN=C(NCCc1ccc(F)cc1)N1CCC2(CCOC2)C1. The number of ether oxygens (including phenoxy) is 1. The Hall–Kier alpha value is -1.62. The van der Waals surface area contributed by atoms with E-state index in [9.17, 15) is 4.39 Å². The minimum absolute atomic E-state index is 0.186. The van der Waals surface area contributed by atoms with Gasteiger partial charge in [0.15, 0.2) is 5.96 Å². The Morgan fingerprint density at radius 2 is 2.18 bits per heavy atom. The number of nitrogens with one attached hydrogen (secondary N) is 1. The quantitative estimate of drug-likeness (QED) is 0.686. The molecular weight excluding hydrogens is 281 g/mol. The van der Waals surface area contributed by atoms with Crippen LogP contribution in [0.4, 0.5) is 4.39 Å². The van der Waals surface area contributed by atoms with Crippen molar-refractivity contribution in [3.05, 3.63) is 35.6 Å². The number of aliphatic imine (C=N–C) groups is 1. The molecule has 1 N–H and O–H groups in total. The molecule has 2 saturated heterocycles. The van der Waals surface area contributed by atoms with Gasteiger partial charge in [0.05, 0.1) is 6.61 Å². The number of rotatable bonds is 3. The van der Waals surface area contributed by atoms with Gasteiger partial charge in [-0.25, -0.2) is 4.39 Å². The Morgan fingerprint density at radius 1 is 1.36 bits per heavy atom. The summed E-state index contributed by atoms with van der Waals surface area (Å²) in [5, 5.41) is 3.42. The average molecular weight is 305 g/mol. The van der Waals surface area contributed by atoms with Crippen molar-refractivity contribution in [3.8, 4) is 0 Å². The lowest BCUT2D eigenvalue weighted by Gasteiger charge is -2.25. The van der Waals surface area contributed by atoms with Gasteiger partial charge in [-0.2, -0.15) is 0 Å². The molecule has 1 spiro atoms. The molecule has 1 aromatic carbocycles. The van der Waals surface area contributed by atoms with Crippen LogP contribution in [0.2, 0.25) is 0 Å². The molecule has 120 valence electrons. The normalized spacial score (nSPS) is 25.2. The lowest BCUT2D eigenvalue weighted by molar-refractivity contribution is 0.156. The van der Waals surface area contributed by atoms with Crippen molar-refractivity contribution in [1.29, 1.82) is 0 Å². The largest absolute Gasteiger partial charge is 0.381 e. The maximum absolute atomic E-state index is 12.9. The van der Waals surface area contributed by atoms with Gasteiger partial charge in [-0.3, -0.25) is 4.99 Å². The van der Waals surface area contributed by atoms with E-state index >= 15 is 0 Å². The third-order valence-corrected chi connectivity index (χ3v) is 4.74. The van der Waals surface area contributed by atoms with Crippen LogP contribution in [0.1, 0.15) is 18.4 Å². The van der Waals surface area contributed by atoms with Crippen molar-refractivity contribution in [2.45, 2.75) is 19.3 Å². The maximum Gasteiger partial charge on any atom is 0.193 e. The number of guanidine groups is 1. The van der Waals surface area contributed by atoms with Gasteiger partial charge in [-0.15, -0.1) is 0 Å². The van der Waals surface area contributed by atoms with E-state index < -0.39 is 0 Å². The molecule has 1 atom stereocenters. The Kier molecular flexibility index (Phi) is 4.62. The zero-order valence-electron chi connectivity index (χ0n) is 13.1. The summed E-state index contributed by atoms with van der Waals surface area (Å²) in [6, 6.07) is 6.68. The molecule has 1 aromatic rings. The van der Waals surface area contributed by atoms with Gasteiger partial charge in [-0.05, 0) is 37.0 Å². The van der Waals surface area contributed by atoms with E-state index in [0.717, 1.165) is 57.2 Å². The lowest BCUT2D eigenvalue weighted by Crippen LogP contribution is -2.42. The molecule has 2 heterocycles. The average Bonchev–Trinajstić information content (AvgIpc) is 3.16. The van der Waals surface area contributed by atoms with Crippen molar-refractivity contribution >= 4 is 5.96 Å². The molecule has 4 nitrogen and oxygen atoms in total. The molecule has 2 aliphatic heterocycles. The highest BCUT2D eigenvalue weighted by Gasteiger charge is 2.42. The Bertz CT molecular complexity index is 523. The van der Waals surface area contributed by atoms with E-state index in [2.05, 4.69) is 15.2 Å².